The van der Waals surface area contributed by atoms with Gasteiger partial charge in [-0.25, -0.2) is 0 Å². The molecule has 31 heavy (non-hydrogen) atoms. The summed E-state index contributed by atoms with van der Waals surface area (Å²) >= 11 is 0. The largest absolute Gasteiger partial charge is 0.491 e. The summed E-state index contributed by atoms with van der Waals surface area (Å²) in [7, 11) is 1.49. The van der Waals surface area contributed by atoms with Crippen LogP contribution in [0.4, 0.5) is 5.69 Å². The smallest absolute Gasteiger partial charge is 0.186 e. The van der Waals surface area contributed by atoms with Crippen LogP contribution < -0.4 is 10.1 Å². The molecule has 0 radical (unpaired) electrons. The van der Waals surface area contributed by atoms with Crippen LogP contribution in [-0.4, -0.2) is 49.0 Å². The number of rotatable bonds is 5. The molecule has 1 saturated heterocycles. The molecule has 0 amide bonds. The van der Waals surface area contributed by atoms with Gasteiger partial charge >= 0.3 is 0 Å². The summed E-state index contributed by atoms with van der Waals surface area (Å²) in [6.45, 7) is 1.67. The van der Waals surface area contributed by atoms with Crippen molar-refractivity contribution >= 4 is 5.69 Å². The highest BCUT2D eigenvalue weighted by Gasteiger charge is 2.38. The molecule has 6 heteroatoms. The molecular weight excluding hydrogens is 394 g/mol. The van der Waals surface area contributed by atoms with Gasteiger partial charge in [0, 0.05) is 20.1 Å². The molecule has 3 aliphatic rings. The van der Waals surface area contributed by atoms with Gasteiger partial charge in [0.2, 0.25) is 0 Å². The number of fused-ring (bicyclic) bond motifs is 1. The maximum absolute atomic E-state index is 10.3. The molecule has 166 valence electrons. The van der Waals surface area contributed by atoms with Gasteiger partial charge in [0.05, 0.1) is 24.5 Å². The maximum atomic E-state index is 10.3. The number of ether oxygens (including phenoxy) is 3. The highest BCUT2D eigenvalue weighted by Crippen LogP contribution is 2.44. The topological polar surface area (TPSA) is 80.2 Å². The van der Waals surface area contributed by atoms with E-state index in [-0.39, 0.29) is 6.10 Å². The molecule has 0 unspecified atom stereocenters. The van der Waals surface area contributed by atoms with Crippen molar-refractivity contribution < 1.29 is 24.4 Å². The highest BCUT2D eigenvalue weighted by atomic mass is 16.7. The van der Waals surface area contributed by atoms with Gasteiger partial charge < -0.3 is 29.7 Å². The van der Waals surface area contributed by atoms with Gasteiger partial charge in [-0.15, -0.1) is 0 Å². The summed E-state index contributed by atoms with van der Waals surface area (Å²) in [6.07, 6.45) is 1.61. The Balaban J connectivity index is 1.42. The number of anilines is 1. The number of hydrogen-bond acceptors (Lipinski definition) is 6. The molecule has 4 atom stereocenters. The van der Waals surface area contributed by atoms with Crippen molar-refractivity contribution in [3.05, 3.63) is 58.7 Å². The molecule has 1 saturated carbocycles. The first-order valence-corrected chi connectivity index (χ1v) is 11.3. The normalized spacial score (nSPS) is 28.2. The Hall–Kier alpha value is -2.12. The van der Waals surface area contributed by atoms with Gasteiger partial charge in [0.15, 0.2) is 6.29 Å². The van der Waals surface area contributed by atoms with Crippen molar-refractivity contribution in [1.29, 1.82) is 0 Å². The quantitative estimate of drug-likeness (QED) is 0.680. The van der Waals surface area contributed by atoms with Gasteiger partial charge in [0.25, 0.3) is 0 Å². The third-order valence-corrected chi connectivity index (χ3v) is 6.55. The number of nitrogens with one attached hydrogen (secondary N) is 1. The predicted octanol–water partition coefficient (Wildman–Crippen LogP) is 3.50. The summed E-state index contributed by atoms with van der Waals surface area (Å²) in [5.41, 5.74) is 5.99. The number of aliphatic hydroxyl groups excluding tert-OH is 2. The van der Waals surface area contributed by atoms with Crippen molar-refractivity contribution in [3.63, 3.8) is 0 Å². The minimum absolute atomic E-state index is 0.310. The zero-order chi connectivity index (χ0) is 21.4. The lowest BCUT2D eigenvalue weighted by atomic mass is 9.90. The molecule has 0 spiro atoms. The van der Waals surface area contributed by atoms with Crippen molar-refractivity contribution in [3.8, 4) is 5.75 Å². The fourth-order valence-corrected chi connectivity index (χ4v) is 4.66. The fraction of sp³-hybridized carbons (Fsp3) is 0.520. The van der Waals surface area contributed by atoms with E-state index in [1.807, 2.05) is 0 Å². The first-order chi connectivity index (χ1) is 15.1. The van der Waals surface area contributed by atoms with Crippen molar-refractivity contribution in [1.82, 2.24) is 0 Å². The molecule has 2 aliphatic heterocycles. The second-order valence-corrected chi connectivity index (χ2v) is 8.89. The zero-order valence-corrected chi connectivity index (χ0v) is 17.9. The molecule has 3 N–H and O–H groups in total. The van der Waals surface area contributed by atoms with E-state index in [0.717, 1.165) is 43.0 Å². The number of methoxy groups -OCH3 is 1. The van der Waals surface area contributed by atoms with E-state index in [1.54, 1.807) is 0 Å². The zero-order valence-electron chi connectivity index (χ0n) is 17.9. The average molecular weight is 426 g/mol. The summed E-state index contributed by atoms with van der Waals surface area (Å²) in [4.78, 5) is 0. The molecule has 0 aromatic heterocycles. The second kappa shape index (κ2) is 8.79. The lowest BCUT2D eigenvalue weighted by Gasteiger charge is -2.36. The van der Waals surface area contributed by atoms with Crippen LogP contribution >= 0.6 is 0 Å². The van der Waals surface area contributed by atoms with Crippen LogP contribution in [0.3, 0.4) is 0 Å². The molecule has 2 heterocycles. The predicted molar refractivity (Wildman–Crippen MR) is 118 cm³/mol. The van der Waals surface area contributed by atoms with Crippen LogP contribution in [0.15, 0.2) is 36.4 Å². The summed E-state index contributed by atoms with van der Waals surface area (Å²) < 4.78 is 17.1. The number of hydrogen-bond donors (Lipinski definition) is 3. The summed E-state index contributed by atoms with van der Waals surface area (Å²) in [5.74, 6) is 1.56. The Morgan fingerprint density at radius 2 is 2.00 bits per heavy atom. The summed E-state index contributed by atoms with van der Waals surface area (Å²) in [5, 5.41) is 23.8. The standard InChI is InChI=1S/C25H31NO5/c1-29-25-24(28)21(27)14-22(31-25)17-6-7-19(16-4-5-16)18(13-17)11-15-3-8-20-23(12-15)30-10-2-9-26-20/h3,6-8,12-13,16,21-22,24-28H,2,4-5,9-11,14H2,1H3/t21-,22-,24+,25+/m1/s1. The molecule has 2 aromatic carbocycles. The van der Waals surface area contributed by atoms with Gasteiger partial charge in [-0.2, -0.15) is 0 Å². The Labute approximate surface area is 183 Å². The van der Waals surface area contributed by atoms with Gasteiger partial charge in [-0.1, -0.05) is 24.3 Å². The third kappa shape index (κ3) is 4.44. The Morgan fingerprint density at radius 1 is 1.13 bits per heavy atom. The van der Waals surface area contributed by atoms with Crippen molar-refractivity contribution in [2.24, 2.45) is 0 Å². The average Bonchev–Trinajstić information content (AvgIpc) is 3.63. The lowest BCUT2D eigenvalue weighted by Crippen LogP contribution is -2.46. The van der Waals surface area contributed by atoms with Gasteiger partial charge in [-0.05, 0) is 66.0 Å². The van der Waals surface area contributed by atoms with Gasteiger partial charge in [0.1, 0.15) is 11.9 Å². The van der Waals surface area contributed by atoms with E-state index in [0.29, 0.717) is 12.3 Å². The maximum Gasteiger partial charge on any atom is 0.186 e. The monoisotopic (exact) mass is 425 g/mol. The Bertz CT molecular complexity index is 928. The van der Waals surface area contributed by atoms with E-state index in [2.05, 4.69) is 41.7 Å². The molecule has 5 rings (SSSR count). The Morgan fingerprint density at radius 3 is 2.81 bits per heavy atom. The van der Waals surface area contributed by atoms with Crippen LogP contribution in [0.1, 0.15) is 60.0 Å². The lowest BCUT2D eigenvalue weighted by molar-refractivity contribution is -0.259. The molecule has 2 aromatic rings. The van der Waals surface area contributed by atoms with Crippen LogP contribution in [0.25, 0.3) is 0 Å². The van der Waals surface area contributed by atoms with Crippen LogP contribution in [0.5, 0.6) is 5.75 Å². The van der Waals surface area contributed by atoms with Crippen LogP contribution in [0, 0.1) is 0 Å². The third-order valence-electron chi connectivity index (χ3n) is 6.55. The first kappa shape index (κ1) is 20.8. The molecule has 0 bridgehead atoms. The van der Waals surface area contributed by atoms with E-state index in [1.165, 1.54) is 36.6 Å². The minimum atomic E-state index is -1.03. The van der Waals surface area contributed by atoms with E-state index in [4.69, 9.17) is 14.2 Å². The van der Waals surface area contributed by atoms with E-state index < -0.39 is 18.5 Å². The Kier molecular flexibility index (Phi) is 5.89. The van der Waals surface area contributed by atoms with Gasteiger partial charge in [-0.3, -0.25) is 0 Å². The fourth-order valence-electron chi connectivity index (χ4n) is 4.66. The number of benzene rings is 2. The first-order valence-electron chi connectivity index (χ1n) is 11.3. The van der Waals surface area contributed by atoms with E-state index >= 15 is 0 Å². The van der Waals surface area contributed by atoms with Crippen LogP contribution in [-0.2, 0) is 15.9 Å². The molecule has 2 fully saturated rings. The minimum Gasteiger partial charge on any atom is -0.491 e. The van der Waals surface area contributed by atoms with Crippen LogP contribution in [0.2, 0.25) is 0 Å². The molecule has 1 aliphatic carbocycles. The molecular formula is C25H31NO5. The molecule has 6 nitrogen and oxygen atoms in total. The van der Waals surface area contributed by atoms with Crippen molar-refractivity contribution in [2.45, 2.75) is 62.6 Å². The second-order valence-electron chi connectivity index (χ2n) is 8.89. The SMILES string of the molecule is CO[C@H]1O[C@@H](c2ccc(C3CC3)c(Cc3ccc4c(c3)OCCCN4)c2)C[C@@H](O)[C@@H]1O. The number of aliphatic hydroxyl groups is 2. The van der Waals surface area contributed by atoms with Crippen molar-refractivity contribution in [2.75, 3.05) is 25.6 Å². The highest BCUT2D eigenvalue weighted by molar-refractivity contribution is 5.59. The summed E-state index contributed by atoms with van der Waals surface area (Å²) in [6, 6.07) is 13.0. The van der Waals surface area contributed by atoms with E-state index in [9.17, 15) is 10.2 Å².